The largest absolute Gasteiger partial charge is 0.380 e. The van der Waals surface area contributed by atoms with Gasteiger partial charge >= 0.3 is 0 Å². The second-order valence-electron chi connectivity index (χ2n) is 3.62. The summed E-state index contributed by atoms with van der Waals surface area (Å²) in [5.74, 6) is 0. The summed E-state index contributed by atoms with van der Waals surface area (Å²) >= 11 is 14.8. The van der Waals surface area contributed by atoms with E-state index in [0.717, 1.165) is 10.2 Å². The lowest BCUT2D eigenvalue weighted by Gasteiger charge is -2.07. The molecule has 0 heterocycles. The van der Waals surface area contributed by atoms with E-state index in [1.165, 1.54) is 16.3 Å². The van der Waals surface area contributed by atoms with Gasteiger partial charge in [0.2, 0.25) is 0 Å². The molecule has 0 aliphatic rings. The number of hydrogen-bond donors (Lipinski definition) is 1. The van der Waals surface area contributed by atoms with E-state index in [-0.39, 0.29) is 0 Å². The highest BCUT2D eigenvalue weighted by atomic mass is 79.9. The van der Waals surface area contributed by atoms with Crippen LogP contribution in [0, 0.1) is 0 Å². The molecule has 0 aromatic heterocycles. The van der Waals surface area contributed by atoms with Gasteiger partial charge in [-0.05, 0) is 35.0 Å². The first kappa shape index (κ1) is 12.7. The van der Waals surface area contributed by atoms with Crippen LogP contribution >= 0.6 is 39.1 Å². The molecule has 0 bridgehead atoms. The predicted molar refractivity (Wildman–Crippen MR) is 79.9 cm³/mol. The van der Waals surface area contributed by atoms with Crippen LogP contribution in [0.5, 0.6) is 0 Å². The molecule has 4 heteroatoms. The number of halogens is 3. The van der Waals surface area contributed by atoms with Crippen molar-refractivity contribution < 1.29 is 0 Å². The van der Waals surface area contributed by atoms with Crippen LogP contribution in [0.3, 0.4) is 0 Å². The van der Waals surface area contributed by atoms with Crippen LogP contribution < -0.4 is 5.32 Å². The molecule has 2 aromatic rings. The van der Waals surface area contributed by atoms with Gasteiger partial charge in [0.1, 0.15) is 0 Å². The zero-order valence-electron chi connectivity index (χ0n) is 8.88. The van der Waals surface area contributed by atoms with Crippen LogP contribution in [0.15, 0.2) is 51.4 Å². The Labute approximate surface area is 119 Å². The van der Waals surface area contributed by atoms with Crippen LogP contribution in [0.1, 0.15) is 0 Å². The van der Waals surface area contributed by atoms with Gasteiger partial charge in [0.05, 0.1) is 6.54 Å². The number of rotatable bonds is 3. The highest BCUT2D eigenvalue weighted by Crippen LogP contribution is 2.23. The van der Waals surface area contributed by atoms with Gasteiger partial charge in [0, 0.05) is 20.7 Å². The Morgan fingerprint density at radius 2 is 1.88 bits per heavy atom. The zero-order chi connectivity index (χ0) is 12.3. The van der Waals surface area contributed by atoms with Crippen molar-refractivity contribution >= 4 is 55.6 Å². The molecule has 0 aliphatic heterocycles. The molecule has 0 fully saturated rings. The minimum Gasteiger partial charge on any atom is -0.380 e. The molecular weight excluding hydrogens is 321 g/mol. The van der Waals surface area contributed by atoms with Crippen molar-refractivity contribution in [1.29, 1.82) is 0 Å². The fourth-order valence-corrected chi connectivity index (χ4v) is 2.07. The summed E-state index contributed by atoms with van der Waals surface area (Å²) in [7, 11) is 0. The molecule has 0 saturated heterocycles. The van der Waals surface area contributed by atoms with E-state index in [1.807, 2.05) is 12.1 Å². The lowest BCUT2D eigenvalue weighted by molar-refractivity contribution is 1.32. The summed E-state index contributed by atoms with van der Waals surface area (Å²) in [4.78, 5) is 0. The SMILES string of the molecule is Cl/C=C(/Cl)CNc1ccc2cc(Br)ccc2c1. The van der Waals surface area contributed by atoms with Crippen LogP contribution in [-0.4, -0.2) is 6.54 Å². The first-order valence-corrected chi connectivity index (χ1v) is 6.68. The maximum atomic E-state index is 5.81. The van der Waals surface area contributed by atoms with Crippen molar-refractivity contribution in [2.45, 2.75) is 0 Å². The van der Waals surface area contributed by atoms with E-state index < -0.39 is 0 Å². The Kier molecular flexibility index (Phi) is 4.32. The average Bonchev–Trinajstić information content (AvgIpc) is 2.35. The molecule has 0 radical (unpaired) electrons. The van der Waals surface area contributed by atoms with Gasteiger partial charge in [0.15, 0.2) is 0 Å². The Bertz CT molecular complexity index is 566. The highest BCUT2D eigenvalue weighted by Gasteiger charge is 1.98. The molecule has 0 atom stereocenters. The van der Waals surface area contributed by atoms with Crippen molar-refractivity contribution in [2.24, 2.45) is 0 Å². The molecule has 0 unspecified atom stereocenters. The molecule has 2 aromatic carbocycles. The lowest BCUT2D eigenvalue weighted by atomic mass is 10.1. The summed E-state index contributed by atoms with van der Waals surface area (Å²) in [6.45, 7) is 0.535. The molecule has 88 valence electrons. The topological polar surface area (TPSA) is 12.0 Å². The summed E-state index contributed by atoms with van der Waals surface area (Å²) < 4.78 is 1.08. The van der Waals surface area contributed by atoms with E-state index in [1.54, 1.807) is 0 Å². The molecule has 2 rings (SSSR count). The van der Waals surface area contributed by atoms with Crippen LogP contribution in [0.25, 0.3) is 10.8 Å². The number of benzene rings is 2. The Balaban J connectivity index is 2.23. The van der Waals surface area contributed by atoms with E-state index in [0.29, 0.717) is 11.6 Å². The van der Waals surface area contributed by atoms with Crippen molar-refractivity contribution in [2.75, 3.05) is 11.9 Å². The van der Waals surface area contributed by atoms with E-state index in [4.69, 9.17) is 23.2 Å². The summed E-state index contributed by atoms with van der Waals surface area (Å²) in [5, 5.41) is 6.17. The summed E-state index contributed by atoms with van der Waals surface area (Å²) in [6.07, 6.45) is 0. The van der Waals surface area contributed by atoms with Crippen molar-refractivity contribution in [3.8, 4) is 0 Å². The van der Waals surface area contributed by atoms with Crippen molar-refractivity contribution in [3.63, 3.8) is 0 Å². The number of fused-ring (bicyclic) bond motifs is 1. The van der Waals surface area contributed by atoms with E-state index in [9.17, 15) is 0 Å². The Hall–Kier alpha value is -0.700. The van der Waals surface area contributed by atoms with Gasteiger partial charge in [-0.25, -0.2) is 0 Å². The third-order valence-corrected chi connectivity index (χ3v) is 3.49. The quantitative estimate of drug-likeness (QED) is 0.801. The van der Waals surface area contributed by atoms with Gasteiger partial charge in [-0.1, -0.05) is 51.3 Å². The minimum absolute atomic E-state index is 0.535. The van der Waals surface area contributed by atoms with Crippen molar-refractivity contribution in [3.05, 3.63) is 51.4 Å². The summed E-state index contributed by atoms with van der Waals surface area (Å²) in [5.41, 5.74) is 2.39. The fraction of sp³-hybridized carbons (Fsp3) is 0.0769. The van der Waals surface area contributed by atoms with Gasteiger partial charge in [-0.3, -0.25) is 0 Å². The van der Waals surface area contributed by atoms with Crippen LogP contribution in [0.2, 0.25) is 0 Å². The average molecular weight is 331 g/mol. The fourth-order valence-electron chi connectivity index (χ4n) is 1.55. The third kappa shape index (κ3) is 3.38. The second-order valence-corrected chi connectivity index (χ2v) is 5.24. The van der Waals surface area contributed by atoms with Gasteiger partial charge in [-0.15, -0.1) is 0 Å². The second kappa shape index (κ2) is 5.76. The van der Waals surface area contributed by atoms with Gasteiger partial charge in [0.25, 0.3) is 0 Å². The monoisotopic (exact) mass is 329 g/mol. The smallest absolute Gasteiger partial charge is 0.0516 e. The number of anilines is 1. The molecule has 0 saturated carbocycles. The molecule has 0 aliphatic carbocycles. The summed E-state index contributed by atoms with van der Waals surface area (Å²) in [6, 6.07) is 12.4. The maximum Gasteiger partial charge on any atom is 0.0516 e. The maximum absolute atomic E-state index is 5.81. The molecule has 0 amide bonds. The Morgan fingerprint density at radius 3 is 2.65 bits per heavy atom. The zero-order valence-corrected chi connectivity index (χ0v) is 12.0. The van der Waals surface area contributed by atoms with Crippen LogP contribution in [0.4, 0.5) is 5.69 Å². The molecule has 1 N–H and O–H groups in total. The molecule has 0 spiro atoms. The standard InChI is InChI=1S/C13H10BrCl2N/c14-11-3-1-10-6-13(4-2-9(10)5-11)17-8-12(16)7-15/h1-7,17H,8H2/b12-7+. The predicted octanol–water partition coefficient (Wildman–Crippen LogP) is 5.33. The lowest BCUT2D eigenvalue weighted by Crippen LogP contribution is -2.00. The van der Waals surface area contributed by atoms with Gasteiger partial charge < -0.3 is 5.32 Å². The van der Waals surface area contributed by atoms with Crippen LogP contribution in [-0.2, 0) is 0 Å². The third-order valence-electron chi connectivity index (χ3n) is 2.38. The molecule has 1 nitrogen and oxygen atoms in total. The van der Waals surface area contributed by atoms with Crippen molar-refractivity contribution in [1.82, 2.24) is 0 Å². The molecular formula is C13H10BrCl2N. The minimum atomic E-state index is 0.535. The number of nitrogens with one attached hydrogen (secondary N) is 1. The first-order chi connectivity index (χ1) is 8.19. The Morgan fingerprint density at radius 1 is 1.18 bits per heavy atom. The highest BCUT2D eigenvalue weighted by molar-refractivity contribution is 9.10. The molecule has 17 heavy (non-hydrogen) atoms. The van der Waals surface area contributed by atoms with E-state index >= 15 is 0 Å². The normalized spacial score (nSPS) is 11.8. The van der Waals surface area contributed by atoms with Gasteiger partial charge in [-0.2, -0.15) is 0 Å². The number of hydrogen-bond acceptors (Lipinski definition) is 1. The first-order valence-electron chi connectivity index (χ1n) is 5.07. The van der Waals surface area contributed by atoms with E-state index in [2.05, 4.69) is 45.5 Å².